The molecule has 3 atom stereocenters. The quantitative estimate of drug-likeness (QED) is 0.486. The molecule has 0 radical (unpaired) electrons. The number of Topliss-reactive ketones (excluding diaryl/α,β-unsaturated/α-hetero) is 1. The van der Waals surface area contributed by atoms with Crippen molar-refractivity contribution in [1.29, 1.82) is 0 Å². The Morgan fingerprint density at radius 1 is 1.18 bits per heavy atom. The molecule has 0 amide bonds. The number of aromatic nitrogens is 2. The Labute approximate surface area is 188 Å². The number of carbonyl (C=O) groups excluding carboxylic acids is 1. The van der Waals surface area contributed by atoms with E-state index in [9.17, 15) is 27.5 Å². The Kier molecular flexibility index (Phi) is 4.94. The lowest BCUT2D eigenvalue weighted by Gasteiger charge is -2.50. The van der Waals surface area contributed by atoms with Gasteiger partial charge in [0.05, 0.1) is 17.4 Å². The number of benzene rings is 2. The predicted octanol–water partition coefficient (Wildman–Crippen LogP) is 5.88. The summed E-state index contributed by atoms with van der Waals surface area (Å²) in [4.78, 5) is 13.2. The summed E-state index contributed by atoms with van der Waals surface area (Å²) in [6.45, 7) is 1.94. The van der Waals surface area contributed by atoms with Crippen LogP contribution in [0.1, 0.15) is 61.4 Å². The van der Waals surface area contributed by atoms with Crippen molar-refractivity contribution in [1.82, 2.24) is 9.78 Å². The molecule has 4 nitrogen and oxygen atoms in total. The van der Waals surface area contributed by atoms with Crippen molar-refractivity contribution in [2.75, 3.05) is 0 Å². The first-order valence-corrected chi connectivity index (χ1v) is 11.2. The first-order valence-electron chi connectivity index (χ1n) is 11.2. The maximum atomic E-state index is 13.6. The van der Waals surface area contributed by atoms with Gasteiger partial charge in [-0.05, 0) is 85.4 Å². The first-order chi connectivity index (χ1) is 15.6. The molecule has 0 spiro atoms. The summed E-state index contributed by atoms with van der Waals surface area (Å²) in [6, 6.07) is 9.51. The zero-order valence-electron chi connectivity index (χ0n) is 18.1. The number of fused-ring (bicyclic) bond motifs is 4. The van der Waals surface area contributed by atoms with Crippen LogP contribution in [0.25, 0.3) is 16.6 Å². The lowest BCUT2D eigenvalue weighted by Crippen LogP contribution is -2.54. The molecule has 0 unspecified atom stereocenters. The van der Waals surface area contributed by atoms with Gasteiger partial charge in [-0.3, -0.25) is 4.79 Å². The van der Waals surface area contributed by atoms with E-state index in [1.807, 2.05) is 13.0 Å². The fourth-order valence-corrected chi connectivity index (χ4v) is 5.93. The van der Waals surface area contributed by atoms with E-state index >= 15 is 0 Å². The van der Waals surface area contributed by atoms with Crippen LogP contribution in [0.2, 0.25) is 0 Å². The minimum Gasteiger partial charge on any atom is -0.380 e. The van der Waals surface area contributed by atoms with Gasteiger partial charge in [-0.2, -0.15) is 18.3 Å². The Hall–Kier alpha value is -2.74. The van der Waals surface area contributed by atoms with E-state index in [0.717, 1.165) is 10.9 Å². The van der Waals surface area contributed by atoms with Gasteiger partial charge in [0.15, 0.2) is 11.4 Å². The van der Waals surface area contributed by atoms with Crippen LogP contribution < -0.4 is 0 Å². The van der Waals surface area contributed by atoms with E-state index in [1.54, 1.807) is 29.1 Å². The minimum atomic E-state index is -4.70. The van der Waals surface area contributed by atoms with Crippen molar-refractivity contribution >= 4 is 16.7 Å². The first kappa shape index (κ1) is 22.1. The molecule has 0 bridgehead atoms. The van der Waals surface area contributed by atoms with E-state index in [0.29, 0.717) is 29.6 Å². The highest BCUT2D eigenvalue weighted by Crippen LogP contribution is 2.57. The number of aliphatic hydroxyl groups is 1. The fourth-order valence-electron chi connectivity index (χ4n) is 5.93. The molecule has 2 aromatic carbocycles. The van der Waals surface area contributed by atoms with E-state index < -0.39 is 29.5 Å². The van der Waals surface area contributed by atoms with Crippen LogP contribution in [0.3, 0.4) is 0 Å². The smallest absolute Gasteiger partial charge is 0.380 e. The van der Waals surface area contributed by atoms with Gasteiger partial charge in [-0.1, -0.05) is 6.92 Å². The zero-order chi connectivity index (χ0) is 23.6. The SMILES string of the molecule is CC[C@@]12CC[C@](O)(C(F)(F)F)C[C@H]1CCC(=O)c1cc3c(cnn3-c3ccc(F)cc3)cc12. The number of nitrogens with zero attached hydrogens (tertiary/aromatic N) is 2. The second-order valence-electron chi connectivity index (χ2n) is 9.39. The average Bonchev–Trinajstić information content (AvgIpc) is 3.15. The standard InChI is InChI=1S/C25H24F4N2O2/c1-2-23-9-10-24(33,25(27,28)29)13-16(23)3-8-22(32)19-12-21-15(11-20(19)23)14-30-31(21)18-6-4-17(26)5-7-18/h4-7,11-12,14,16,33H,2-3,8-10,13H2,1H3/t16-,23-,24-/m1/s1. The van der Waals surface area contributed by atoms with Gasteiger partial charge in [0.25, 0.3) is 0 Å². The van der Waals surface area contributed by atoms with Crippen LogP contribution in [0.4, 0.5) is 17.6 Å². The molecule has 0 aliphatic heterocycles. The summed E-state index contributed by atoms with van der Waals surface area (Å²) in [5.74, 6) is -0.944. The Morgan fingerprint density at radius 2 is 1.91 bits per heavy atom. The average molecular weight is 460 g/mol. The van der Waals surface area contributed by atoms with Crippen molar-refractivity contribution in [2.24, 2.45) is 5.92 Å². The summed E-state index contributed by atoms with van der Waals surface area (Å²) in [7, 11) is 0. The van der Waals surface area contributed by atoms with Crippen LogP contribution in [0.5, 0.6) is 0 Å². The monoisotopic (exact) mass is 460 g/mol. The number of alkyl halides is 3. The number of rotatable bonds is 2. The number of halogens is 4. The molecule has 1 saturated carbocycles. The van der Waals surface area contributed by atoms with Gasteiger partial charge in [0.2, 0.25) is 0 Å². The number of ketones is 1. The Morgan fingerprint density at radius 3 is 2.58 bits per heavy atom. The summed E-state index contributed by atoms with van der Waals surface area (Å²) < 4.78 is 55.9. The topological polar surface area (TPSA) is 55.1 Å². The highest BCUT2D eigenvalue weighted by Gasteiger charge is 2.60. The molecular weight excluding hydrogens is 436 g/mol. The predicted molar refractivity (Wildman–Crippen MR) is 115 cm³/mol. The number of hydrogen-bond acceptors (Lipinski definition) is 3. The van der Waals surface area contributed by atoms with Crippen molar-refractivity contribution in [2.45, 2.75) is 62.6 Å². The van der Waals surface area contributed by atoms with E-state index in [-0.39, 0.29) is 30.9 Å². The van der Waals surface area contributed by atoms with Crippen LogP contribution in [-0.2, 0) is 5.41 Å². The minimum absolute atomic E-state index is 0.114. The molecule has 3 aromatic rings. The van der Waals surface area contributed by atoms with Crippen LogP contribution >= 0.6 is 0 Å². The van der Waals surface area contributed by atoms with Crippen LogP contribution in [0.15, 0.2) is 42.6 Å². The molecule has 2 aliphatic rings. The molecule has 2 aliphatic carbocycles. The number of hydrogen-bond donors (Lipinski definition) is 1. The summed E-state index contributed by atoms with van der Waals surface area (Å²) in [5.41, 5.74) is -0.752. The molecule has 0 saturated heterocycles. The lowest BCUT2D eigenvalue weighted by atomic mass is 9.56. The third-order valence-electron chi connectivity index (χ3n) is 7.84. The third-order valence-corrected chi connectivity index (χ3v) is 7.84. The summed E-state index contributed by atoms with van der Waals surface area (Å²) >= 11 is 0. The second-order valence-corrected chi connectivity index (χ2v) is 9.39. The maximum absolute atomic E-state index is 13.6. The van der Waals surface area contributed by atoms with E-state index in [4.69, 9.17) is 0 Å². The van der Waals surface area contributed by atoms with Crippen LogP contribution in [0, 0.1) is 11.7 Å². The molecular formula is C25H24F4N2O2. The lowest BCUT2D eigenvalue weighted by molar-refractivity contribution is -0.279. The summed E-state index contributed by atoms with van der Waals surface area (Å²) in [5, 5.41) is 15.6. The molecule has 1 fully saturated rings. The van der Waals surface area contributed by atoms with Crippen molar-refractivity contribution in [3.05, 3.63) is 59.5 Å². The van der Waals surface area contributed by atoms with Crippen molar-refractivity contribution in [3.63, 3.8) is 0 Å². The maximum Gasteiger partial charge on any atom is 0.417 e. The molecule has 8 heteroatoms. The van der Waals surface area contributed by atoms with Gasteiger partial charge in [-0.15, -0.1) is 0 Å². The van der Waals surface area contributed by atoms with Gasteiger partial charge in [-0.25, -0.2) is 9.07 Å². The van der Waals surface area contributed by atoms with Crippen molar-refractivity contribution < 1.29 is 27.5 Å². The molecule has 5 rings (SSSR count). The van der Waals surface area contributed by atoms with Crippen molar-refractivity contribution in [3.8, 4) is 5.69 Å². The van der Waals surface area contributed by atoms with Gasteiger partial charge >= 0.3 is 6.18 Å². The third kappa shape index (κ3) is 3.29. The largest absolute Gasteiger partial charge is 0.417 e. The zero-order valence-corrected chi connectivity index (χ0v) is 18.1. The Balaban J connectivity index is 1.66. The fraction of sp³-hybridized carbons (Fsp3) is 0.440. The van der Waals surface area contributed by atoms with E-state index in [2.05, 4.69) is 5.10 Å². The van der Waals surface area contributed by atoms with Gasteiger partial charge < -0.3 is 5.11 Å². The molecule has 33 heavy (non-hydrogen) atoms. The normalized spacial score (nSPS) is 27.8. The van der Waals surface area contributed by atoms with Gasteiger partial charge in [0.1, 0.15) is 5.82 Å². The molecule has 1 N–H and O–H groups in total. The summed E-state index contributed by atoms with van der Waals surface area (Å²) in [6.07, 6.45) is -2.67. The highest BCUT2D eigenvalue weighted by atomic mass is 19.4. The Bertz CT molecular complexity index is 1230. The molecule has 174 valence electrons. The second kappa shape index (κ2) is 7.38. The van der Waals surface area contributed by atoms with Crippen LogP contribution in [-0.4, -0.2) is 32.4 Å². The highest BCUT2D eigenvalue weighted by molar-refractivity contribution is 6.02. The molecule has 1 aromatic heterocycles. The number of carbonyl (C=O) groups is 1. The van der Waals surface area contributed by atoms with Gasteiger partial charge in [0, 0.05) is 17.4 Å². The van der Waals surface area contributed by atoms with E-state index in [1.165, 1.54) is 12.1 Å². The molecule has 1 heterocycles.